The minimum Gasteiger partial charge on any atom is -0.352 e. The number of anilines is 1. The highest BCUT2D eigenvalue weighted by Crippen LogP contribution is 2.27. The molecule has 0 heterocycles. The topological polar surface area (TPSA) is 86.8 Å². The highest BCUT2D eigenvalue weighted by atomic mass is 32.2. The molecule has 0 saturated carbocycles. The lowest BCUT2D eigenvalue weighted by atomic mass is 10.1. The highest BCUT2D eigenvalue weighted by Gasteiger charge is 2.34. The molecule has 1 N–H and O–H groups in total. The molecule has 0 bridgehead atoms. The number of rotatable bonds is 11. The van der Waals surface area contributed by atoms with Crippen molar-refractivity contribution in [3.63, 3.8) is 0 Å². The van der Waals surface area contributed by atoms with Gasteiger partial charge < -0.3 is 10.2 Å². The van der Waals surface area contributed by atoms with Gasteiger partial charge in [0.05, 0.1) is 10.6 Å². The number of carbonyl (C=O) groups excluding carboxylic acids is 2. The normalized spacial score (nSPS) is 12.2. The van der Waals surface area contributed by atoms with Crippen molar-refractivity contribution in [1.82, 2.24) is 10.2 Å². The zero-order valence-electron chi connectivity index (χ0n) is 24.6. The average molecular weight is 564 g/mol. The highest BCUT2D eigenvalue weighted by molar-refractivity contribution is 7.92. The molecule has 0 aliphatic heterocycles. The van der Waals surface area contributed by atoms with Crippen molar-refractivity contribution in [2.24, 2.45) is 0 Å². The lowest BCUT2D eigenvalue weighted by Crippen LogP contribution is -2.53. The van der Waals surface area contributed by atoms with Crippen LogP contribution in [0.15, 0.2) is 71.6 Å². The first-order chi connectivity index (χ1) is 18.8. The summed E-state index contributed by atoms with van der Waals surface area (Å²) in [5.41, 5.74) is 5.03. The summed E-state index contributed by atoms with van der Waals surface area (Å²) >= 11 is 0. The van der Waals surface area contributed by atoms with Crippen LogP contribution in [0.3, 0.4) is 0 Å². The van der Waals surface area contributed by atoms with E-state index in [1.165, 1.54) is 4.90 Å². The summed E-state index contributed by atoms with van der Waals surface area (Å²) in [6.07, 6.45) is 0.379. The predicted molar refractivity (Wildman–Crippen MR) is 161 cm³/mol. The Morgan fingerprint density at radius 1 is 0.800 bits per heavy atom. The minimum atomic E-state index is -4.10. The Labute approximate surface area is 239 Å². The van der Waals surface area contributed by atoms with Crippen molar-refractivity contribution in [2.75, 3.05) is 10.8 Å². The lowest BCUT2D eigenvalue weighted by Gasteiger charge is -2.33. The van der Waals surface area contributed by atoms with E-state index in [9.17, 15) is 18.0 Å². The third-order valence-electron chi connectivity index (χ3n) is 6.67. The second-order valence-electron chi connectivity index (χ2n) is 10.8. The van der Waals surface area contributed by atoms with Crippen molar-refractivity contribution < 1.29 is 18.0 Å². The van der Waals surface area contributed by atoms with Gasteiger partial charge in [-0.1, -0.05) is 60.5 Å². The van der Waals surface area contributed by atoms with Crippen LogP contribution in [0.1, 0.15) is 55.0 Å². The van der Waals surface area contributed by atoms with Gasteiger partial charge in [-0.3, -0.25) is 13.9 Å². The number of benzene rings is 3. The van der Waals surface area contributed by atoms with Gasteiger partial charge in [0.1, 0.15) is 12.6 Å². The maximum Gasteiger partial charge on any atom is 0.264 e. The van der Waals surface area contributed by atoms with Crippen LogP contribution >= 0.6 is 0 Å². The Morgan fingerprint density at radius 3 is 1.82 bits per heavy atom. The van der Waals surface area contributed by atoms with Crippen LogP contribution < -0.4 is 9.62 Å². The number of carbonyl (C=O) groups is 2. The van der Waals surface area contributed by atoms with Crippen molar-refractivity contribution in [2.45, 2.75) is 78.4 Å². The van der Waals surface area contributed by atoms with Crippen LogP contribution in [-0.4, -0.2) is 43.8 Å². The van der Waals surface area contributed by atoms with E-state index in [1.807, 2.05) is 78.8 Å². The van der Waals surface area contributed by atoms with Gasteiger partial charge in [-0.2, -0.15) is 0 Å². The molecule has 0 spiro atoms. The summed E-state index contributed by atoms with van der Waals surface area (Å²) < 4.78 is 29.2. The molecule has 3 aromatic carbocycles. The van der Waals surface area contributed by atoms with Gasteiger partial charge in [-0.05, 0) is 88.9 Å². The maximum absolute atomic E-state index is 14.1. The van der Waals surface area contributed by atoms with Crippen LogP contribution in [0.2, 0.25) is 0 Å². The van der Waals surface area contributed by atoms with Gasteiger partial charge in [-0.15, -0.1) is 0 Å². The van der Waals surface area contributed by atoms with Gasteiger partial charge in [0.2, 0.25) is 11.8 Å². The minimum absolute atomic E-state index is 0.0970. The summed E-state index contributed by atoms with van der Waals surface area (Å²) in [6.45, 7) is 13.0. The van der Waals surface area contributed by atoms with Crippen LogP contribution in [0.25, 0.3) is 0 Å². The number of amides is 2. The van der Waals surface area contributed by atoms with E-state index in [0.29, 0.717) is 12.1 Å². The average Bonchev–Trinajstić information content (AvgIpc) is 2.87. The molecular formula is C32H41N3O4S. The molecule has 1 atom stereocenters. The van der Waals surface area contributed by atoms with E-state index in [0.717, 1.165) is 32.1 Å². The molecule has 0 aromatic heterocycles. The van der Waals surface area contributed by atoms with Crippen LogP contribution in [0.5, 0.6) is 0 Å². The Kier molecular flexibility index (Phi) is 10.1. The Balaban J connectivity index is 2.09. The summed E-state index contributed by atoms with van der Waals surface area (Å²) in [5.74, 6) is -0.724. The van der Waals surface area contributed by atoms with Crippen LogP contribution in [0.4, 0.5) is 5.69 Å². The number of nitrogens with one attached hydrogen (secondary N) is 1. The zero-order chi connectivity index (χ0) is 29.6. The molecule has 1 unspecified atom stereocenters. The van der Waals surface area contributed by atoms with Gasteiger partial charge in [-0.25, -0.2) is 8.42 Å². The SMILES string of the molecule is CCC(C(=O)NC(C)C)N(Cc1ccc(C)cc1)C(=O)CN(c1cc(C)cc(C)c1)S(=O)(=O)c1ccc(C)cc1. The Hall–Kier alpha value is -3.65. The van der Waals surface area contributed by atoms with Crippen LogP contribution in [-0.2, 0) is 26.2 Å². The third kappa shape index (κ3) is 7.72. The first-order valence-electron chi connectivity index (χ1n) is 13.6. The number of sulfonamides is 1. The molecule has 0 saturated heterocycles. The molecule has 0 radical (unpaired) electrons. The molecule has 0 fully saturated rings. The van der Waals surface area contributed by atoms with Crippen LogP contribution in [0, 0.1) is 27.7 Å². The fraction of sp³-hybridized carbons (Fsp3) is 0.375. The summed E-state index contributed by atoms with van der Waals surface area (Å²) in [6, 6.07) is 19.0. The molecule has 3 aromatic rings. The van der Waals surface area contributed by atoms with Gasteiger partial charge in [0, 0.05) is 12.6 Å². The van der Waals surface area contributed by atoms with Crippen molar-refractivity contribution >= 4 is 27.5 Å². The van der Waals surface area contributed by atoms with E-state index in [1.54, 1.807) is 36.4 Å². The fourth-order valence-corrected chi connectivity index (χ4v) is 6.05. The standard InChI is InChI=1S/C32H41N3O4S/c1-8-30(32(37)33-22(2)3)34(20-27-13-9-23(4)10-14-27)31(36)21-35(28-18-25(6)17-26(7)19-28)40(38,39)29-15-11-24(5)12-16-29/h9-19,22,30H,8,20-21H2,1-7H3,(H,33,37). The zero-order valence-corrected chi connectivity index (χ0v) is 25.4. The third-order valence-corrected chi connectivity index (χ3v) is 8.46. The summed E-state index contributed by atoms with van der Waals surface area (Å²) in [4.78, 5) is 29.0. The summed E-state index contributed by atoms with van der Waals surface area (Å²) in [7, 11) is -4.10. The van der Waals surface area contributed by atoms with E-state index < -0.39 is 28.5 Å². The Bertz CT molecular complexity index is 1410. The monoisotopic (exact) mass is 563 g/mol. The smallest absolute Gasteiger partial charge is 0.264 e. The summed E-state index contributed by atoms with van der Waals surface area (Å²) in [5, 5.41) is 2.92. The number of nitrogens with zero attached hydrogens (tertiary/aromatic N) is 2. The molecule has 3 rings (SSSR count). The lowest BCUT2D eigenvalue weighted by molar-refractivity contribution is -0.140. The van der Waals surface area contributed by atoms with Gasteiger partial charge >= 0.3 is 0 Å². The predicted octanol–water partition coefficient (Wildman–Crippen LogP) is 5.45. The quantitative estimate of drug-likeness (QED) is 0.336. The molecule has 7 nitrogen and oxygen atoms in total. The number of hydrogen-bond donors (Lipinski definition) is 1. The maximum atomic E-state index is 14.1. The molecular weight excluding hydrogens is 522 g/mol. The van der Waals surface area contributed by atoms with E-state index in [2.05, 4.69) is 5.32 Å². The molecule has 8 heteroatoms. The molecule has 2 amide bonds. The first-order valence-corrected chi connectivity index (χ1v) is 15.1. The molecule has 0 aliphatic carbocycles. The molecule has 40 heavy (non-hydrogen) atoms. The van der Waals surface area contributed by atoms with Gasteiger partial charge in [0.15, 0.2) is 0 Å². The van der Waals surface area contributed by atoms with Gasteiger partial charge in [0.25, 0.3) is 10.0 Å². The second kappa shape index (κ2) is 13.1. The van der Waals surface area contributed by atoms with E-state index in [4.69, 9.17) is 0 Å². The van der Waals surface area contributed by atoms with Crippen molar-refractivity contribution in [1.29, 1.82) is 0 Å². The van der Waals surface area contributed by atoms with E-state index in [-0.39, 0.29) is 23.4 Å². The molecule has 214 valence electrons. The number of aryl methyl sites for hydroxylation is 4. The first kappa shape index (κ1) is 30.9. The van der Waals surface area contributed by atoms with Crippen molar-refractivity contribution in [3.05, 3.63) is 94.5 Å². The number of hydrogen-bond acceptors (Lipinski definition) is 4. The molecule has 0 aliphatic rings. The Morgan fingerprint density at radius 2 is 1.32 bits per heavy atom. The second-order valence-corrected chi connectivity index (χ2v) is 12.6. The van der Waals surface area contributed by atoms with Crippen molar-refractivity contribution in [3.8, 4) is 0 Å². The van der Waals surface area contributed by atoms with E-state index >= 15 is 0 Å². The fourth-order valence-electron chi connectivity index (χ4n) is 4.65. The largest absolute Gasteiger partial charge is 0.352 e.